The molecule has 0 bridgehead atoms. The Morgan fingerprint density at radius 1 is 0.842 bits per heavy atom. The molecule has 0 aliphatic rings. The summed E-state index contributed by atoms with van der Waals surface area (Å²) in [5.41, 5.74) is 0. The van der Waals surface area contributed by atoms with Crippen molar-refractivity contribution in [1.29, 1.82) is 0 Å². The van der Waals surface area contributed by atoms with E-state index < -0.39 is 5.97 Å². The van der Waals surface area contributed by atoms with Crippen molar-refractivity contribution in [2.75, 3.05) is 0 Å². The number of hydrogen-bond acceptors (Lipinski definition) is 2. The predicted molar refractivity (Wildman–Crippen MR) is 81.0 cm³/mol. The first-order valence-corrected chi connectivity index (χ1v) is 7.62. The van der Waals surface area contributed by atoms with Gasteiger partial charge in [-0.25, -0.2) is 0 Å². The number of allylic oxidation sites excluding steroid dienone is 2. The fourth-order valence-corrected chi connectivity index (χ4v) is 1.99. The quantitative estimate of drug-likeness (QED) is 0.296. The second kappa shape index (κ2) is 18.5. The molecule has 0 aromatic heterocycles. The number of hydrogen-bond donors (Lipinski definition) is 0. The maximum absolute atomic E-state index is 10.2. The van der Waals surface area contributed by atoms with Gasteiger partial charge < -0.3 is 9.90 Å². The molecule has 19 heavy (non-hydrogen) atoms. The number of aliphatic carboxylic acids is 1. The van der Waals surface area contributed by atoms with Crippen LogP contribution < -0.4 is 5.11 Å². The van der Waals surface area contributed by atoms with Crippen molar-refractivity contribution in [3.8, 4) is 0 Å². The first-order valence-electron chi connectivity index (χ1n) is 7.62. The van der Waals surface area contributed by atoms with Crippen LogP contribution in [-0.4, -0.2) is 43.7 Å². The molecule has 0 aliphatic heterocycles. The van der Waals surface area contributed by atoms with Crippen molar-refractivity contribution in [1.82, 2.24) is 0 Å². The molecule has 0 spiro atoms. The van der Waals surface area contributed by atoms with E-state index in [9.17, 15) is 9.90 Å². The Bertz CT molecular complexity index is 215. The second-order valence-corrected chi connectivity index (χ2v) is 5.00. The summed E-state index contributed by atoms with van der Waals surface area (Å²) >= 11 is 0. The molecule has 0 rings (SSSR count). The van der Waals surface area contributed by atoms with Crippen LogP contribution in [0.5, 0.6) is 0 Å². The Morgan fingerprint density at radius 3 is 1.84 bits per heavy atom. The Kier molecular flexibility index (Phi) is 21.2. The minimum atomic E-state index is -0.916. The molecular formula is C16H29CaO2+. The Balaban J connectivity index is 0. The van der Waals surface area contributed by atoms with E-state index in [1.807, 2.05) is 0 Å². The van der Waals surface area contributed by atoms with E-state index in [-0.39, 0.29) is 44.2 Å². The summed E-state index contributed by atoms with van der Waals surface area (Å²) in [7, 11) is 0. The van der Waals surface area contributed by atoms with Crippen molar-refractivity contribution in [3.05, 3.63) is 12.2 Å². The van der Waals surface area contributed by atoms with Gasteiger partial charge in [0.25, 0.3) is 0 Å². The number of carbonyl (C=O) groups is 1. The van der Waals surface area contributed by atoms with Crippen molar-refractivity contribution in [3.63, 3.8) is 0 Å². The number of unbranched alkanes of at least 4 members (excludes halogenated alkanes) is 9. The van der Waals surface area contributed by atoms with Gasteiger partial charge in [-0.2, -0.15) is 0 Å². The zero-order valence-corrected chi connectivity index (χ0v) is 14.9. The minimum absolute atomic E-state index is 0. The number of carboxylic acids is 1. The van der Waals surface area contributed by atoms with E-state index in [1.165, 1.54) is 51.4 Å². The van der Waals surface area contributed by atoms with Crippen LogP contribution in [-0.2, 0) is 4.79 Å². The van der Waals surface area contributed by atoms with Crippen LogP contribution in [0.1, 0.15) is 84.0 Å². The number of rotatable bonds is 13. The molecule has 0 atom stereocenters. The fraction of sp³-hybridized carbons (Fsp3) is 0.812. The first kappa shape index (κ1) is 21.8. The van der Waals surface area contributed by atoms with Gasteiger partial charge >= 0.3 is 37.7 Å². The summed E-state index contributed by atoms with van der Waals surface area (Å²) in [5.74, 6) is -0.916. The average Bonchev–Trinajstić information content (AvgIpc) is 2.34. The molecule has 0 amide bonds. The van der Waals surface area contributed by atoms with Crippen LogP contribution in [0.2, 0.25) is 0 Å². The SMILES string of the molecule is CCCCCC/C=C/CCCCCCCC(=O)[O-].[Ca+2]. The second-order valence-electron chi connectivity index (χ2n) is 5.00. The van der Waals surface area contributed by atoms with E-state index in [2.05, 4.69) is 19.1 Å². The van der Waals surface area contributed by atoms with Gasteiger partial charge in [-0.05, 0) is 38.5 Å². The van der Waals surface area contributed by atoms with Gasteiger partial charge in [-0.3, -0.25) is 0 Å². The molecule has 0 fully saturated rings. The first-order chi connectivity index (χ1) is 8.77. The van der Waals surface area contributed by atoms with Gasteiger partial charge in [-0.15, -0.1) is 0 Å². The molecule has 0 radical (unpaired) electrons. The van der Waals surface area contributed by atoms with Crippen molar-refractivity contribution in [2.45, 2.75) is 84.0 Å². The van der Waals surface area contributed by atoms with Gasteiger partial charge in [0.15, 0.2) is 0 Å². The fourth-order valence-electron chi connectivity index (χ4n) is 1.99. The zero-order chi connectivity index (χ0) is 13.5. The van der Waals surface area contributed by atoms with Crippen molar-refractivity contribution < 1.29 is 9.90 Å². The van der Waals surface area contributed by atoms with Crippen LogP contribution in [0.15, 0.2) is 12.2 Å². The van der Waals surface area contributed by atoms with Crippen LogP contribution in [0.4, 0.5) is 0 Å². The molecule has 3 heteroatoms. The summed E-state index contributed by atoms with van der Waals surface area (Å²) in [6, 6.07) is 0. The van der Waals surface area contributed by atoms with Crippen LogP contribution >= 0.6 is 0 Å². The van der Waals surface area contributed by atoms with Crippen LogP contribution in [0.3, 0.4) is 0 Å². The topological polar surface area (TPSA) is 40.1 Å². The van der Waals surface area contributed by atoms with Gasteiger partial charge in [0.2, 0.25) is 0 Å². The molecule has 106 valence electrons. The third-order valence-electron chi connectivity index (χ3n) is 3.14. The molecule has 0 saturated heterocycles. The average molecular weight is 293 g/mol. The predicted octanol–water partition coefficient (Wildman–Crippen LogP) is 3.61. The van der Waals surface area contributed by atoms with Gasteiger partial charge in [0, 0.05) is 5.97 Å². The van der Waals surface area contributed by atoms with Crippen LogP contribution in [0.25, 0.3) is 0 Å². The minimum Gasteiger partial charge on any atom is -0.550 e. The van der Waals surface area contributed by atoms with Gasteiger partial charge in [0.1, 0.15) is 0 Å². The Hall–Kier alpha value is 0.470. The Morgan fingerprint density at radius 2 is 1.32 bits per heavy atom. The molecule has 0 aromatic carbocycles. The molecule has 2 nitrogen and oxygen atoms in total. The van der Waals surface area contributed by atoms with E-state index in [0.29, 0.717) is 0 Å². The normalized spacial score (nSPS) is 10.6. The summed E-state index contributed by atoms with van der Waals surface area (Å²) in [6.45, 7) is 2.24. The number of carbonyl (C=O) groups excluding carboxylic acids is 1. The molecule has 0 N–H and O–H groups in total. The number of carboxylic acid groups (broad SMARTS) is 1. The molecule has 0 saturated carbocycles. The summed E-state index contributed by atoms with van der Waals surface area (Å²) in [6.07, 6.45) is 18.0. The third kappa shape index (κ3) is 20.9. The summed E-state index contributed by atoms with van der Waals surface area (Å²) < 4.78 is 0. The van der Waals surface area contributed by atoms with Crippen molar-refractivity contribution >= 4 is 43.7 Å². The van der Waals surface area contributed by atoms with Gasteiger partial charge in [0.05, 0.1) is 0 Å². The molecule has 0 heterocycles. The maximum atomic E-state index is 10.2. The molecule has 0 unspecified atom stereocenters. The summed E-state index contributed by atoms with van der Waals surface area (Å²) in [5, 5.41) is 10.2. The third-order valence-corrected chi connectivity index (χ3v) is 3.14. The van der Waals surface area contributed by atoms with Crippen molar-refractivity contribution in [2.24, 2.45) is 0 Å². The van der Waals surface area contributed by atoms with E-state index in [0.717, 1.165) is 19.3 Å². The molecular weight excluding hydrogens is 264 g/mol. The molecule has 0 aromatic rings. The van der Waals surface area contributed by atoms with E-state index in [1.54, 1.807) is 0 Å². The van der Waals surface area contributed by atoms with E-state index >= 15 is 0 Å². The maximum Gasteiger partial charge on any atom is 2.00 e. The largest absolute Gasteiger partial charge is 2.00 e. The Labute approximate surface area is 149 Å². The van der Waals surface area contributed by atoms with E-state index in [4.69, 9.17) is 0 Å². The summed E-state index contributed by atoms with van der Waals surface area (Å²) in [4.78, 5) is 10.2. The van der Waals surface area contributed by atoms with Gasteiger partial charge in [-0.1, -0.05) is 57.6 Å². The monoisotopic (exact) mass is 293 g/mol. The smallest absolute Gasteiger partial charge is 0.550 e. The standard InChI is InChI=1S/C16H30O2.Ca/c1-2-3-4-5-6-7-8-9-10-11-12-13-14-15-16(17)18;/h7-8H,2-6,9-15H2,1H3,(H,17,18);/q;+2/p-1/b8-7+;. The van der Waals surface area contributed by atoms with Crippen LogP contribution in [0, 0.1) is 0 Å². The molecule has 0 aliphatic carbocycles. The zero-order valence-electron chi connectivity index (χ0n) is 12.7.